The van der Waals surface area contributed by atoms with Gasteiger partial charge in [0.1, 0.15) is 16.3 Å². The Kier molecular flexibility index (Phi) is 2.94. The van der Waals surface area contributed by atoms with Gasteiger partial charge in [0, 0.05) is 11.8 Å². The van der Waals surface area contributed by atoms with Gasteiger partial charge in [-0.1, -0.05) is 12.1 Å². The number of para-hydroxylation sites is 2. The molecule has 4 nitrogen and oxygen atoms in total. The molecule has 1 aromatic carbocycles. The quantitative estimate of drug-likeness (QED) is 0.900. The number of nitrogens with zero attached hydrogens (tertiary/aromatic N) is 1. The summed E-state index contributed by atoms with van der Waals surface area (Å²) in [5.41, 5.74) is 1.48. The van der Waals surface area contributed by atoms with E-state index in [-0.39, 0.29) is 0 Å². The van der Waals surface area contributed by atoms with E-state index in [0.29, 0.717) is 22.6 Å². The third-order valence-corrected chi connectivity index (χ3v) is 4.25. The molecule has 2 atom stereocenters. The van der Waals surface area contributed by atoms with Gasteiger partial charge in [0.2, 0.25) is 0 Å². The van der Waals surface area contributed by atoms with Crippen molar-refractivity contribution in [1.82, 2.24) is 10.3 Å². The van der Waals surface area contributed by atoms with Crippen LogP contribution in [0.2, 0.25) is 0 Å². The Bertz CT molecular complexity index is 513. The van der Waals surface area contributed by atoms with E-state index in [4.69, 9.17) is 4.42 Å². The average Bonchev–Trinajstić information content (AvgIpc) is 2.96. The highest BCUT2D eigenvalue weighted by atomic mass is 32.2. The molecule has 0 unspecified atom stereocenters. The molecule has 0 bridgehead atoms. The number of hydrogen-bond donors (Lipinski definition) is 1. The van der Waals surface area contributed by atoms with Gasteiger partial charge in [-0.3, -0.25) is 0 Å². The summed E-state index contributed by atoms with van der Waals surface area (Å²) in [5, 5.41) is 3.68. The summed E-state index contributed by atoms with van der Waals surface area (Å²) in [6.45, 7) is 1.02. The predicted molar refractivity (Wildman–Crippen MR) is 66.3 cm³/mol. The standard InChI is InChI=1S/C12H14N2O2S/c15-17(8-9-4-3-7-13-9)12-14-10-5-1-2-6-11(10)16-12/h1-2,5-6,9,13H,3-4,7-8H2/t9-,17+/m0/s1. The Morgan fingerprint density at radius 3 is 3.12 bits per heavy atom. The SMILES string of the molecule is O=[S@](C[C@@H]1CCCN1)c1nc2ccccc2o1. The maximum absolute atomic E-state index is 12.1. The summed E-state index contributed by atoms with van der Waals surface area (Å²) in [6, 6.07) is 7.84. The van der Waals surface area contributed by atoms with Gasteiger partial charge in [0.15, 0.2) is 5.58 Å². The van der Waals surface area contributed by atoms with Crippen LogP contribution in [0.1, 0.15) is 12.8 Å². The molecule has 1 aromatic heterocycles. The zero-order chi connectivity index (χ0) is 11.7. The Morgan fingerprint density at radius 1 is 1.47 bits per heavy atom. The van der Waals surface area contributed by atoms with Gasteiger partial charge in [-0.25, -0.2) is 9.19 Å². The van der Waals surface area contributed by atoms with Crippen LogP contribution in [0.25, 0.3) is 11.1 Å². The number of aromatic nitrogens is 1. The molecule has 2 heterocycles. The fourth-order valence-electron chi connectivity index (χ4n) is 2.10. The van der Waals surface area contributed by atoms with E-state index >= 15 is 0 Å². The van der Waals surface area contributed by atoms with Gasteiger partial charge < -0.3 is 9.73 Å². The molecule has 0 aliphatic carbocycles. The highest BCUT2D eigenvalue weighted by molar-refractivity contribution is 7.84. The van der Waals surface area contributed by atoms with E-state index in [1.807, 2.05) is 24.3 Å². The van der Waals surface area contributed by atoms with Gasteiger partial charge in [0.25, 0.3) is 5.22 Å². The monoisotopic (exact) mass is 250 g/mol. The Balaban J connectivity index is 1.80. The van der Waals surface area contributed by atoms with Gasteiger partial charge in [-0.15, -0.1) is 0 Å². The van der Waals surface area contributed by atoms with Crippen molar-refractivity contribution in [2.24, 2.45) is 0 Å². The second kappa shape index (κ2) is 4.58. The lowest BCUT2D eigenvalue weighted by molar-refractivity contribution is 0.476. The number of nitrogens with one attached hydrogen (secondary N) is 1. The van der Waals surface area contributed by atoms with Crippen LogP contribution in [0.4, 0.5) is 0 Å². The molecule has 17 heavy (non-hydrogen) atoms. The van der Waals surface area contributed by atoms with E-state index in [1.54, 1.807) is 0 Å². The summed E-state index contributed by atoms with van der Waals surface area (Å²) < 4.78 is 17.6. The Morgan fingerprint density at radius 2 is 2.35 bits per heavy atom. The Hall–Kier alpha value is -1.20. The highest BCUT2D eigenvalue weighted by Gasteiger charge is 2.20. The van der Waals surface area contributed by atoms with Crippen molar-refractivity contribution < 1.29 is 8.63 Å². The molecule has 2 aromatic rings. The smallest absolute Gasteiger partial charge is 0.287 e. The van der Waals surface area contributed by atoms with Crippen LogP contribution >= 0.6 is 0 Å². The molecule has 1 aliphatic rings. The molecule has 0 amide bonds. The van der Waals surface area contributed by atoms with Crippen LogP contribution in [0, 0.1) is 0 Å². The van der Waals surface area contributed by atoms with Crippen molar-refractivity contribution >= 4 is 21.9 Å². The predicted octanol–water partition coefficient (Wildman–Crippen LogP) is 1.69. The first-order chi connectivity index (χ1) is 8.33. The fraction of sp³-hybridized carbons (Fsp3) is 0.417. The van der Waals surface area contributed by atoms with Crippen molar-refractivity contribution in [1.29, 1.82) is 0 Å². The second-order valence-electron chi connectivity index (χ2n) is 4.25. The molecule has 90 valence electrons. The molecule has 0 radical (unpaired) electrons. The lowest BCUT2D eigenvalue weighted by Crippen LogP contribution is -2.27. The van der Waals surface area contributed by atoms with E-state index < -0.39 is 10.8 Å². The number of rotatable bonds is 3. The molecule has 1 saturated heterocycles. The van der Waals surface area contributed by atoms with Gasteiger partial charge in [0.05, 0.1) is 0 Å². The first kappa shape index (κ1) is 10.9. The molecule has 1 fully saturated rings. The number of oxazole rings is 1. The van der Waals surface area contributed by atoms with Crippen LogP contribution in [0.3, 0.4) is 0 Å². The molecule has 5 heteroatoms. The summed E-state index contributed by atoms with van der Waals surface area (Å²) in [7, 11) is -1.15. The number of hydrogen-bond acceptors (Lipinski definition) is 4. The molecule has 0 spiro atoms. The molecule has 0 saturated carbocycles. The maximum atomic E-state index is 12.1. The van der Waals surface area contributed by atoms with Crippen molar-refractivity contribution in [2.75, 3.05) is 12.3 Å². The summed E-state index contributed by atoms with van der Waals surface area (Å²) in [5.74, 6) is 0.590. The van der Waals surface area contributed by atoms with Gasteiger partial charge >= 0.3 is 0 Å². The summed E-state index contributed by atoms with van der Waals surface area (Å²) in [4.78, 5) is 4.26. The minimum Gasteiger partial charge on any atom is -0.430 e. The molecule has 1 aliphatic heterocycles. The van der Waals surface area contributed by atoms with Crippen molar-refractivity contribution in [3.05, 3.63) is 24.3 Å². The van der Waals surface area contributed by atoms with Crippen LogP contribution in [0.15, 0.2) is 33.9 Å². The van der Waals surface area contributed by atoms with Crippen LogP contribution in [-0.4, -0.2) is 27.5 Å². The zero-order valence-electron chi connectivity index (χ0n) is 9.39. The first-order valence-electron chi connectivity index (χ1n) is 5.80. The maximum Gasteiger partial charge on any atom is 0.287 e. The molecular weight excluding hydrogens is 236 g/mol. The second-order valence-corrected chi connectivity index (χ2v) is 5.63. The van der Waals surface area contributed by atoms with Crippen molar-refractivity contribution in [2.45, 2.75) is 24.1 Å². The summed E-state index contributed by atoms with van der Waals surface area (Å²) in [6.07, 6.45) is 2.25. The minimum absolute atomic E-state index is 0.339. The van der Waals surface area contributed by atoms with Crippen LogP contribution < -0.4 is 5.32 Å². The molecule has 1 N–H and O–H groups in total. The largest absolute Gasteiger partial charge is 0.430 e. The minimum atomic E-state index is -1.15. The first-order valence-corrected chi connectivity index (χ1v) is 7.12. The van der Waals surface area contributed by atoms with Gasteiger partial charge in [-0.05, 0) is 31.5 Å². The van der Waals surface area contributed by atoms with Crippen LogP contribution in [-0.2, 0) is 10.8 Å². The lowest BCUT2D eigenvalue weighted by atomic mass is 10.3. The number of benzene rings is 1. The number of fused-ring (bicyclic) bond motifs is 1. The summed E-state index contributed by atoms with van der Waals surface area (Å²) >= 11 is 0. The van der Waals surface area contributed by atoms with E-state index in [2.05, 4.69) is 10.3 Å². The highest BCUT2D eigenvalue weighted by Crippen LogP contribution is 2.18. The topological polar surface area (TPSA) is 55.1 Å². The van der Waals surface area contributed by atoms with Crippen molar-refractivity contribution in [3.8, 4) is 0 Å². The zero-order valence-corrected chi connectivity index (χ0v) is 10.2. The Labute approximate surface area is 102 Å². The third-order valence-electron chi connectivity index (χ3n) is 2.98. The average molecular weight is 250 g/mol. The molecular formula is C12H14N2O2S. The normalized spacial score (nSPS) is 22.0. The molecule has 3 rings (SSSR count). The van der Waals surface area contributed by atoms with Crippen LogP contribution in [0.5, 0.6) is 0 Å². The van der Waals surface area contributed by atoms with E-state index in [1.165, 1.54) is 0 Å². The van der Waals surface area contributed by atoms with Crippen molar-refractivity contribution in [3.63, 3.8) is 0 Å². The van der Waals surface area contributed by atoms with E-state index in [0.717, 1.165) is 24.9 Å². The van der Waals surface area contributed by atoms with Gasteiger partial charge in [-0.2, -0.15) is 0 Å². The third kappa shape index (κ3) is 2.25. The fourth-order valence-corrected chi connectivity index (χ4v) is 3.28. The lowest BCUT2D eigenvalue weighted by Gasteiger charge is -2.06. The van der Waals surface area contributed by atoms with E-state index in [9.17, 15) is 4.21 Å².